The van der Waals surface area contributed by atoms with Gasteiger partial charge in [-0.05, 0) is 60.7 Å². The number of nitrogens with two attached hydrogens (primary N) is 1. The number of anilines is 1. The average Bonchev–Trinajstić information content (AvgIpc) is 2.96. The number of rotatable bonds is 6. The number of aliphatic carboxylic acids is 1. The molecular weight excluding hydrogens is 369 g/mol. The Morgan fingerprint density at radius 3 is 2.52 bits per heavy atom. The second-order valence-electron chi connectivity index (χ2n) is 7.87. The fourth-order valence-electron chi connectivity index (χ4n) is 3.84. The molecular formula is C23H26FN3O2. The van der Waals surface area contributed by atoms with Crippen LogP contribution in [-0.4, -0.2) is 21.9 Å². The maximum Gasteiger partial charge on any atom is 0.306 e. The summed E-state index contributed by atoms with van der Waals surface area (Å²) in [5.74, 6) is -1.61. The van der Waals surface area contributed by atoms with E-state index in [1.54, 1.807) is 26.0 Å². The number of nitrogens with zero attached hydrogens (tertiary/aromatic N) is 1. The van der Waals surface area contributed by atoms with Crippen LogP contribution in [0.25, 0.3) is 16.6 Å². The molecule has 0 saturated carbocycles. The molecule has 2 aromatic carbocycles. The van der Waals surface area contributed by atoms with Crippen LogP contribution in [0, 0.1) is 24.1 Å². The van der Waals surface area contributed by atoms with Gasteiger partial charge in [-0.2, -0.15) is 0 Å². The monoisotopic (exact) mass is 395 g/mol. The number of benzene rings is 2. The van der Waals surface area contributed by atoms with Crippen LogP contribution in [0.5, 0.6) is 0 Å². The third-order valence-corrected chi connectivity index (χ3v) is 5.35. The van der Waals surface area contributed by atoms with E-state index >= 15 is 0 Å². The van der Waals surface area contributed by atoms with Gasteiger partial charge in [0.1, 0.15) is 5.82 Å². The molecule has 0 aliphatic rings. The van der Waals surface area contributed by atoms with Crippen molar-refractivity contribution in [1.82, 2.24) is 4.57 Å². The number of nitrogen functional groups attached to an aromatic ring is 1. The number of aromatic nitrogens is 1. The molecule has 0 aliphatic heterocycles. The summed E-state index contributed by atoms with van der Waals surface area (Å²) in [7, 11) is 0. The Morgan fingerprint density at radius 2 is 1.97 bits per heavy atom. The number of carboxylic acids is 1. The van der Waals surface area contributed by atoms with E-state index in [0.717, 1.165) is 27.8 Å². The summed E-state index contributed by atoms with van der Waals surface area (Å²) in [6.45, 7) is 7.51. The van der Waals surface area contributed by atoms with E-state index < -0.39 is 11.9 Å². The highest BCUT2D eigenvalue weighted by Gasteiger charge is 2.25. The smallest absolute Gasteiger partial charge is 0.306 e. The molecule has 0 saturated heterocycles. The molecule has 1 unspecified atom stereocenters. The molecule has 0 amide bonds. The minimum absolute atomic E-state index is 0.0911. The van der Waals surface area contributed by atoms with Crippen molar-refractivity contribution in [1.29, 1.82) is 5.41 Å². The molecule has 0 radical (unpaired) electrons. The molecule has 0 fully saturated rings. The van der Waals surface area contributed by atoms with Crippen LogP contribution in [0.1, 0.15) is 49.1 Å². The zero-order chi connectivity index (χ0) is 21.5. The van der Waals surface area contributed by atoms with E-state index in [4.69, 9.17) is 11.1 Å². The Bertz CT molecular complexity index is 1120. The van der Waals surface area contributed by atoms with Crippen molar-refractivity contribution in [2.24, 2.45) is 5.92 Å². The summed E-state index contributed by atoms with van der Waals surface area (Å²) in [5, 5.41) is 18.0. The summed E-state index contributed by atoms with van der Waals surface area (Å²) in [6, 6.07) is 8.61. The van der Waals surface area contributed by atoms with E-state index in [1.807, 2.05) is 16.7 Å². The lowest BCUT2D eigenvalue weighted by Gasteiger charge is -2.17. The van der Waals surface area contributed by atoms with Gasteiger partial charge in [-0.25, -0.2) is 4.39 Å². The van der Waals surface area contributed by atoms with Gasteiger partial charge in [0, 0.05) is 34.2 Å². The second kappa shape index (κ2) is 7.70. The average molecular weight is 395 g/mol. The van der Waals surface area contributed by atoms with Gasteiger partial charge in [0.15, 0.2) is 0 Å². The highest BCUT2D eigenvalue weighted by Crippen LogP contribution is 2.37. The third kappa shape index (κ3) is 3.62. The predicted octanol–water partition coefficient (Wildman–Crippen LogP) is 5.04. The maximum absolute atomic E-state index is 13.9. The number of aryl methyl sites for hydroxylation is 1. The molecule has 3 aromatic rings. The zero-order valence-electron chi connectivity index (χ0n) is 17.1. The second-order valence-corrected chi connectivity index (χ2v) is 7.87. The minimum Gasteiger partial charge on any atom is -0.481 e. The van der Waals surface area contributed by atoms with Crippen molar-refractivity contribution in [2.75, 3.05) is 5.73 Å². The predicted molar refractivity (Wildman–Crippen MR) is 115 cm³/mol. The number of carboxylic acid groups (broad SMARTS) is 1. The molecule has 1 atom stereocenters. The molecule has 1 heterocycles. The molecule has 1 aromatic heterocycles. The van der Waals surface area contributed by atoms with E-state index in [1.165, 1.54) is 12.3 Å². The summed E-state index contributed by atoms with van der Waals surface area (Å²) in [6.07, 6.45) is 1.56. The Morgan fingerprint density at radius 1 is 1.28 bits per heavy atom. The van der Waals surface area contributed by atoms with Gasteiger partial charge in [-0.3, -0.25) is 4.79 Å². The van der Waals surface area contributed by atoms with Gasteiger partial charge < -0.3 is 20.8 Å². The molecule has 0 spiro atoms. The molecule has 0 bridgehead atoms. The number of halogens is 1. The van der Waals surface area contributed by atoms with E-state index in [9.17, 15) is 14.3 Å². The van der Waals surface area contributed by atoms with Crippen molar-refractivity contribution in [3.63, 3.8) is 0 Å². The van der Waals surface area contributed by atoms with Crippen molar-refractivity contribution >= 4 is 28.8 Å². The topological polar surface area (TPSA) is 92.1 Å². The zero-order valence-corrected chi connectivity index (χ0v) is 17.1. The Kier molecular flexibility index (Phi) is 5.46. The first-order valence-corrected chi connectivity index (χ1v) is 9.62. The summed E-state index contributed by atoms with van der Waals surface area (Å²) < 4.78 is 15.9. The van der Waals surface area contributed by atoms with Crippen LogP contribution >= 0.6 is 0 Å². The van der Waals surface area contributed by atoms with Crippen molar-refractivity contribution < 1.29 is 14.3 Å². The highest BCUT2D eigenvalue weighted by atomic mass is 19.1. The Balaban J connectivity index is 2.44. The standard InChI is InChI=1S/C23H26FN3O2/c1-12(2)22-18(8-14(4)23(28)29)17-10-20(26)15(11-25)9-21(17)27(22)16-5-6-19(24)13(3)7-16/h5-7,9-12,14,25H,8,26H2,1-4H3,(H,28,29). The number of nitrogens with one attached hydrogen (secondary N) is 1. The molecule has 0 aliphatic carbocycles. The van der Waals surface area contributed by atoms with Gasteiger partial charge >= 0.3 is 5.97 Å². The highest BCUT2D eigenvalue weighted by molar-refractivity contribution is 5.98. The largest absolute Gasteiger partial charge is 0.481 e. The first kappa shape index (κ1) is 20.6. The third-order valence-electron chi connectivity index (χ3n) is 5.35. The van der Waals surface area contributed by atoms with Crippen LogP contribution < -0.4 is 5.73 Å². The molecule has 152 valence electrons. The number of hydrogen-bond donors (Lipinski definition) is 3. The maximum atomic E-state index is 13.9. The summed E-state index contributed by atoms with van der Waals surface area (Å²) in [4.78, 5) is 11.5. The van der Waals surface area contributed by atoms with Crippen LogP contribution in [0.2, 0.25) is 0 Å². The molecule has 4 N–H and O–H groups in total. The lowest BCUT2D eigenvalue weighted by molar-refractivity contribution is -0.141. The van der Waals surface area contributed by atoms with E-state index in [-0.39, 0.29) is 11.7 Å². The van der Waals surface area contributed by atoms with Gasteiger partial charge in [-0.1, -0.05) is 20.8 Å². The molecule has 6 heteroatoms. The first-order valence-electron chi connectivity index (χ1n) is 9.62. The fraction of sp³-hybridized carbons (Fsp3) is 0.304. The molecule has 5 nitrogen and oxygen atoms in total. The molecule has 29 heavy (non-hydrogen) atoms. The van der Waals surface area contributed by atoms with Gasteiger partial charge in [-0.15, -0.1) is 0 Å². The minimum atomic E-state index is -0.859. The van der Waals surface area contributed by atoms with Crippen LogP contribution in [-0.2, 0) is 11.2 Å². The van der Waals surface area contributed by atoms with E-state index in [2.05, 4.69) is 13.8 Å². The fourth-order valence-corrected chi connectivity index (χ4v) is 3.84. The number of hydrogen-bond acceptors (Lipinski definition) is 3. The number of carbonyl (C=O) groups is 1. The molecule has 3 rings (SSSR count). The van der Waals surface area contributed by atoms with E-state index in [0.29, 0.717) is 23.2 Å². The SMILES string of the molecule is Cc1cc(-n2c(C(C)C)c(CC(C)C(=O)O)c3cc(N)c(C=N)cc32)ccc1F. The summed E-state index contributed by atoms with van der Waals surface area (Å²) in [5.41, 5.74) is 11.3. The van der Waals surface area contributed by atoms with Crippen molar-refractivity contribution in [3.05, 3.63) is 58.5 Å². The quantitative estimate of drug-likeness (QED) is 0.403. The number of fused-ring (bicyclic) bond motifs is 1. The first-order chi connectivity index (χ1) is 13.6. The lowest BCUT2D eigenvalue weighted by atomic mass is 9.94. The van der Waals surface area contributed by atoms with Gasteiger partial charge in [0.05, 0.1) is 11.4 Å². The Hall–Kier alpha value is -3.15. The summed E-state index contributed by atoms with van der Waals surface area (Å²) >= 11 is 0. The van der Waals surface area contributed by atoms with Crippen molar-refractivity contribution in [2.45, 2.75) is 40.0 Å². The van der Waals surface area contributed by atoms with Crippen LogP contribution in [0.3, 0.4) is 0 Å². The van der Waals surface area contributed by atoms with Crippen LogP contribution in [0.4, 0.5) is 10.1 Å². The normalized spacial score (nSPS) is 12.5. The lowest BCUT2D eigenvalue weighted by Crippen LogP contribution is -2.14. The van der Waals surface area contributed by atoms with Gasteiger partial charge in [0.2, 0.25) is 0 Å². The Labute approximate surface area is 169 Å². The van der Waals surface area contributed by atoms with Crippen LogP contribution in [0.15, 0.2) is 30.3 Å². The van der Waals surface area contributed by atoms with Crippen molar-refractivity contribution in [3.8, 4) is 5.69 Å². The van der Waals surface area contributed by atoms with Gasteiger partial charge in [0.25, 0.3) is 0 Å².